The lowest BCUT2D eigenvalue weighted by molar-refractivity contribution is 0.474. The van der Waals surface area contributed by atoms with Gasteiger partial charge in [-0.25, -0.2) is 9.07 Å². The molecule has 0 fully saturated rings. The van der Waals surface area contributed by atoms with E-state index in [1.165, 1.54) is 6.07 Å². The Bertz CT molecular complexity index is 889. The first kappa shape index (κ1) is 14.8. The van der Waals surface area contributed by atoms with Crippen molar-refractivity contribution in [2.45, 2.75) is 25.7 Å². The fraction of sp³-hybridized carbons (Fsp3) is 0.278. The Morgan fingerprint density at radius 3 is 2.67 bits per heavy atom. The van der Waals surface area contributed by atoms with E-state index in [0.29, 0.717) is 11.6 Å². The molecule has 0 N–H and O–H groups in total. The fourth-order valence-corrected chi connectivity index (χ4v) is 3.28. The zero-order valence-corrected chi connectivity index (χ0v) is 13.5. The van der Waals surface area contributed by atoms with Crippen LogP contribution in [-0.4, -0.2) is 20.2 Å². The average Bonchev–Trinajstić information content (AvgIpc) is 3.18. The Kier molecular flexibility index (Phi) is 3.52. The molecule has 122 valence electrons. The topological polar surface area (TPSA) is 52.8 Å². The highest BCUT2D eigenvalue weighted by atomic mass is 19.1. The number of benzene rings is 2. The van der Waals surface area contributed by atoms with Crippen molar-refractivity contribution in [3.63, 3.8) is 0 Å². The van der Waals surface area contributed by atoms with Gasteiger partial charge in [-0.15, -0.1) is 5.10 Å². The van der Waals surface area contributed by atoms with Crippen LogP contribution in [0.5, 0.6) is 11.5 Å². The summed E-state index contributed by atoms with van der Waals surface area (Å²) >= 11 is 0. The van der Waals surface area contributed by atoms with Crippen molar-refractivity contribution in [1.82, 2.24) is 20.2 Å². The van der Waals surface area contributed by atoms with Crippen LogP contribution in [0, 0.1) is 5.82 Å². The third-order valence-electron chi connectivity index (χ3n) is 4.54. The number of hydrogen-bond acceptors (Lipinski definition) is 4. The quantitative estimate of drug-likeness (QED) is 0.734. The molecule has 2 aromatic carbocycles. The summed E-state index contributed by atoms with van der Waals surface area (Å²) in [5.74, 6) is 2.26. The summed E-state index contributed by atoms with van der Waals surface area (Å²) in [6.45, 7) is 2.06. The highest BCUT2D eigenvalue weighted by Crippen LogP contribution is 2.41. The van der Waals surface area contributed by atoms with Crippen LogP contribution >= 0.6 is 0 Å². The van der Waals surface area contributed by atoms with Crippen molar-refractivity contribution >= 4 is 0 Å². The van der Waals surface area contributed by atoms with Gasteiger partial charge >= 0.3 is 0 Å². The number of tetrazole rings is 1. The largest absolute Gasteiger partial charge is 0.457 e. The van der Waals surface area contributed by atoms with Gasteiger partial charge in [-0.2, -0.15) is 0 Å². The van der Waals surface area contributed by atoms with Gasteiger partial charge in [0.1, 0.15) is 17.3 Å². The van der Waals surface area contributed by atoms with Crippen LogP contribution in [0.25, 0.3) is 11.4 Å². The molecule has 0 bridgehead atoms. The van der Waals surface area contributed by atoms with Crippen LogP contribution in [0.4, 0.5) is 4.39 Å². The standard InChI is InChI=1S/C18H17FN4O/c1-11-3-8-14-16(10-9-15(19)17(11)14)24-13-6-4-12(5-7-13)18-20-21-22-23(18)2/h4-7,9-11H,3,8H2,1-2H3. The summed E-state index contributed by atoms with van der Waals surface area (Å²) in [5.41, 5.74) is 2.70. The maximum absolute atomic E-state index is 14.0. The summed E-state index contributed by atoms with van der Waals surface area (Å²) in [6.07, 6.45) is 1.82. The zero-order chi connectivity index (χ0) is 16.7. The van der Waals surface area contributed by atoms with Crippen LogP contribution in [-0.2, 0) is 13.5 Å². The lowest BCUT2D eigenvalue weighted by Crippen LogP contribution is -1.96. The Hall–Kier alpha value is -2.76. The summed E-state index contributed by atoms with van der Waals surface area (Å²) in [6, 6.07) is 10.8. The van der Waals surface area contributed by atoms with Crippen molar-refractivity contribution < 1.29 is 9.13 Å². The molecule has 24 heavy (non-hydrogen) atoms. The van der Waals surface area contributed by atoms with E-state index in [1.807, 2.05) is 24.3 Å². The number of aryl methyl sites for hydroxylation is 1. The average molecular weight is 324 g/mol. The second-order valence-electron chi connectivity index (χ2n) is 6.13. The van der Waals surface area contributed by atoms with E-state index in [0.717, 1.165) is 35.3 Å². The molecule has 5 nitrogen and oxygen atoms in total. The Balaban J connectivity index is 1.62. The summed E-state index contributed by atoms with van der Waals surface area (Å²) < 4.78 is 21.6. The van der Waals surface area contributed by atoms with Crippen molar-refractivity contribution in [2.75, 3.05) is 0 Å². The predicted octanol–water partition coefficient (Wildman–Crippen LogP) is 3.86. The van der Waals surface area contributed by atoms with Gasteiger partial charge in [0.2, 0.25) is 0 Å². The van der Waals surface area contributed by atoms with Crippen LogP contribution in [0.3, 0.4) is 0 Å². The molecular weight excluding hydrogens is 307 g/mol. The zero-order valence-electron chi connectivity index (χ0n) is 13.5. The molecule has 0 spiro atoms. The van der Waals surface area contributed by atoms with Crippen molar-refractivity contribution in [3.8, 4) is 22.9 Å². The fourth-order valence-electron chi connectivity index (χ4n) is 3.28. The minimum absolute atomic E-state index is 0.132. The number of nitrogens with zero attached hydrogens (tertiary/aromatic N) is 4. The number of fused-ring (bicyclic) bond motifs is 1. The first-order chi connectivity index (χ1) is 11.6. The maximum Gasteiger partial charge on any atom is 0.181 e. The van der Waals surface area contributed by atoms with Crippen molar-refractivity contribution in [2.24, 2.45) is 7.05 Å². The Labute approximate surface area is 139 Å². The highest BCUT2D eigenvalue weighted by Gasteiger charge is 2.25. The molecule has 1 aliphatic rings. The number of hydrogen-bond donors (Lipinski definition) is 0. The first-order valence-corrected chi connectivity index (χ1v) is 7.95. The number of halogens is 1. The highest BCUT2D eigenvalue weighted by molar-refractivity contribution is 5.56. The molecule has 0 radical (unpaired) electrons. The van der Waals surface area contributed by atoms with E-state index in [1.54, 1.807) is 17.8 Å². The third-order valence-corrected chi connectivity index (χ3v) is 4.54. The van der Waals surface area contributed by atoms with Crippen molar-refractivity contribution in [3.05, 3.63) is 53.3 Å². The predicted molar refractivity (Wildman–Crippen MR) is 87.4 cm³/mol. The number of rotatable bonds is 3. The van der Waals surface area contributed by atoms with Crippen LogP contribution in [0.1, 0.15) is 30.4 Å². The van der Waals surface area contributed by atoms with Gasteiger partial charge in [0.05, 0.1) is 0 Å². The molecule has 3 aromatic rings. The van der Waals surface area contributed by atoms with E-state index in [2.05, 4.69) is 22.4 Å². The van der Waals surface area contributed by atoms with Gasteiger partial charge in [0.15, 0.2) is 5.82 Å². The first-order valence-electron chi connectivity index (χ1n) is 7.95. The summed E-state index contributed by atoms with van der Waals surface area (Å²) in [5, 5.41) is 11.5. The van der Waals surface area contributed by atoms with Crippen LogP contribution < -0.4 is 4.74 Å². The molecule has 1 heterocycles. The minimum Gasteiger partial charge on any atom is -0.457 e. The SMILES string of the molecule is CC1CCc2c(Oc3ccc(-c4nnnn4C)cc3)ccc(F)c21. The van der Waals surface area contributed by atoms with Gasteiger partial charge in [0, 0.05) is 18.2 Å². The molecule has 0 aliphatic heterocycles. The van der Waals surface area contributed by atoms with Crippen LogP contribution in [0.2, 0.25) is 0 Å². The molecule has 0 amide bonds. The van der Waals surface area contributed by atoms with Gasteiger partial charge in [-0.1, -0.05) is 6.92 Å². The summed E-state index contributed by atoms with van der Waals surface area (Å²) in [4.78, 5) is 0. The van der Waals surface area contributed by atoms with E-state index >= 15 is 0 Å². The molecule has 4 rings (SSSR count). The second-order valence-corrected chi connectivity index (χ2v) is 6.13. The third kappa shape index (κ3) is 2.44. The van der Waals surface area contributed by atoms with Crippen LogP contribution in [0.15, 0.2) is 36.4 Å². The van der Waals surface area contributed by atoms with Gasteiger partial charge in [0.25, 0.3) is 0 Å². The normalized spacial score (nSPS) is 16.2. The van der Waals surface area contributed by atoms with Crippen molar-refractivity contribution in [1.29, 1.82) is 0 Å². The lowest BCUT2D eigenvalue weighted by Gasteiger charge is -2.12. The molecule has 6 heteroatoms. The van der Waals surface area contributed by atoms with Gasteiger partial charge in [-0.05, 0) is 71.1 Å². The Morgan fingerprint density at radius 1 is 1.17 bits per heavy atom. The van der Waals surface area contributed by atoms with E-state index in [-0.39, 0.29) is 11.7 Å². The molecule has 1 unspecified atom stereocenters. The summed E-state index contributed by atoms with van der Waals surface area (Å²) in [7, 11) is 1.79. The molecular formula is C18H17FN4O. The molecule has 0 saturated heterocycles. The number of aromatic nitrogens is 4. The second kappa shape index (κ2) is 5.70. The molecule has 1 aliphatic carbocycles. The van der Waals surface area contributed by atoms with Gasteiger partial charge in [-0.3, -0.25) is 0 Å². The van der Waals surface area contributed by atoms with E-state index in [9.17, 15) is 4.39 Å². The van der Waals surface area contributed by atoms with Gasteiger partial charge < -0.3 is 4.74 Å². The number of ether oxygens (including phenoxy) is 1. The molecule has 0 saturated carbocycles. The minimum atomic E-state index is -0.132. The maximum atomic E-state index is 14.0. The van der Waals surface area contributed by atoms with E-state index in [4.69, 9.17) is 4.74 Å². The monoisotopic (exact) mass is 324 g/mol. The smallest absolute Gasteiger partial charge is 0.181 e. The van der Waals surface area contributed by atoms with E-state index < -0.39 is 0 Å². The Morgan fingerprint density at radius 2 is 1.96 bits per heavy atom. The lowest BCUT2D eigenvalue weighted by atomic mass is 10.0. The molecule has 1 atom stereocenters. The molecule has 1 aromatic heterocycles.